The Morgan fingerprint density at radius 3 is 2.70 bits per heavy atom. The van der Waals surface area contributed by atoms with Gasteiger partial charge in [-0.15, -0.1) is 0 Å². The number of rotatable bonds is 5. The van der Waals surface area contributed by atoms with Gasteiger partial charge in [0.05, 0.1) is 31.1 Å². The number of carbonyl (C=O) groups excluding carboxylic acids is 1. The smallest absolute Gasteiger partial charge is 0.284 e. The van der Waals surface area contributed by atoms with Crippen LogP contribution in [0.4, 0.5) is 20.3 Å². The number of morpholine rings is 1. The Kier molecular flexibility index (Phi) is 5.94. The van der Waals surface area contributed by atoms with Crippen molar-refractivity contribution in [2.75, 3.05) is 36.5 Å². The zero-order valence-electron chi connectivity index (χ0n) is 18.0. The van der Waals surface area contributed by atoms with Crippen molar-refractivity contribution in [3.8, 4) is 0 Å². The molecule has 4 heterocycles. The van der Waals surface area contributed by atoms with E-state index in [0.717, 1.165) is 25.7 Å². The predicted octanol–water partition coefficient (Wildman–Crippen LogP) is 2.39. The first-order chi connectivity index (χ1) is 16.0. The Hall–Kier alpha value is -3.12. The SMILES string of the molecule is NC1CCC(n2cc(NC(=O)c3cnn4ccc(N5CCOCC5)nc34)c(C(F)F)n2)CC1. The number of nitrogens with zero attached hydrogens (tertiary/aromatic N) is 6. The van der Waals surface area contributed by atoms with Crippen molar-refractivity contribution in [3.05, 3.63) is 35.9 Å². The number of hydrogen-bond acceptors (Lipinski definition) is 7. The van der Waals surface area contributed by atoms with Crippen LogP contribution in [0.2, 0.25) is 0 Å². The van der Waals surface area contributed by atoms with Gasteiger partial charge in [-0.25, -0.2) is 18.3 Å². The molecular formula is C21H26F2N8O2. The van der Waals surface area contributed by atoms with Gasteiger partial charge in [-0.2, -0.15) is 10.2 Å². The maximum Gasteiger partial charge on any atom is 0.284 e. The van der Waals surface area contributed by atoms with Crippen molar-refractivity contribution in [1.82, 2.24) is 24.4 Å². The number of halogens is 2. The summed E-state index contributed by atoms with van der Waals surface area (Å²) in [5, 5.41) is 10.9. The summed E-state index contributed by atoms with van der Waals surface area (Å²) < 4.78 is 35.8. The van der Waals surface area contributed by atoms with E-state index in [1.54, 1.807) is 6.20 Å². The summed E-state index contributed by atoms with van der Waals surface area (Å²) in [6.07, 6.45) is 4.94. The lowest BCUT2D eigenvalue weighted by atomic mass is 9.92. The zero-order chi connectivity index (χ0) is 22.9. The number of amides is 1. The van der Waals surface area contributed by atoms with Crippen LogP contribution in [0.15, 0.2) is 24.7 Å². The molecule has 2 fully saturated rings. The highest BCUT2D eigenvalue weighted by Gasteiger charge is 2.27. The lowest BCUT2D eigenvalue weighted by Gasteiger charge is -2.27. The van der Waals surface area contributed by atoms with E-state index < -0.39 is 18.0 Å². The highest BCUT2D eigenvalue weighted by atomic mass is 19.3. The molecule has 3 aromatic heterocycles. The van der Waals surface area contributed by atoms with Gasteiger partial charge in [-0.05, 0) is 31.7 Å². The van der Waals surface area contributed by atoms with Crippen molar-refractivity contribution in [2.24, 2.45) is 5.73 Å². The van der Waals surface area contributed by atoms with E-state index in [2.05, 4.69) is 25.4 Å². The molecule has 33 heavy (non-hydrogen) atoms. The number of nitrogens with one attached hydrogen (secondary N) is 1. The van der Waals surface area contributed by atoms with E-state index in [4.69, 9.17) is 10.5 Å². The molecule has 3 N–H and O–H groups in total. The molecule has 1 saturated carbocycles. The summed E-state index contributed by atoms with van der Waals surface area (Å²) in [6.45, 7) is 2.60. The highest BCUT2D eigenvalue weighted by molar-refractivity contribution is 6.08. The topological polar surface area (TPSA) is 116 Å². The lowest BCUT2D eigenvalue weighted by molar-refractivity contribution is 0.102. The fourth-order valence-electron chi connectivity index (χ4n) is 4.39. The van der Waals surface area contributed by atoms with Crippen LogP contribution >= 0.6 is 0 Å². The Morgan fingerprint density at radius 2 is 1.97 bits per heavy atom. The van der Waals surface area contributed by atoms with Gasteiger partial charge in [0.25, 0.3) is 12.3 Å². The average Bonchev–Trinajstić information content (AvgIpc) is 3.44. The molecule has 3 aromatic rings. The van der Waals surface area contributed by atoms with Crippen molar-refractivity contribution in [3.63, 3.8) is 0 Å². The summed E-state index contributed by atoms with van der Waals surface area (Å²) in [4.78, 5) is 19.7. The quantitative estimate of drug-likeness (QED) is 0.601. The zero-order valence-corrected chi connectivity index (χ0v) is 18.0. The van der Waals surface area contributed by atoms with Crippen molar-refractivity contribution in [2.45, 2.75) is 44.2 Å². The molecule has 1 saturated heterocycles. The van der Waals surface area contributed by atoms with Crippen LogP contribution < -0.4 is 16.0 Å². The molecule has 5 rings (SSSR count). The Labute approximate surface area is 188 Å². The number of anilines is 2. The van der Waals surface area contributed by atoms with E-state index in [0.29, 0.717) is 37.8 Å². The van der Waals surface area contributed by atoms with Crippen LogP contribution in [-0.2, 0) is 4.74 Å². The summed E-state index contributed by atoms with van der Waals surface area (Å²) in [7, 11) is 0. The monoisotopic (exact) mass is 460 g/mol. The standard InChI is InChI=1S/C21H26F2N8O2/c22-19(23)18-16(12-31(28-18)14-3-1-13(24)2-4-14)26-21(32)15-11-25-30-6-5-17(27-20(15)30)29-7-9-33-10-8-29/h5-6,11-14,19H,1-4,7-10,24H2,(H,26,32). The molecule has 1 aliphatic heterocycles. The summed E-state index contributed by atoms with van der Waals surface area (Å²) in [5.74, 6) is 0.140. The predicted molar refractivity (Wildman–Crippen MR) is 117 cm³/mol. The third kappa shape index (κ3) is 4.40. The Morgan fingerprint density at radius 1 is 1.21 bits per heavy atom. The second kappa shape index (κ2) is 9.02. The molecular weight excluding hydrogens is 434 g/mol. The van der Waals surface area contributed by atoms with Crippen LogP contribution in [0.3, 0.4) is 0 Å². The minimum absolute atomic E-state index is 0.00597. The Balaban J connectivity index is 1.40. The molecule has 12 heteroatoms. The maximum atomic E-state index is 13.7. The van der Waals surface area contributed by atoms with E-state index >= 15 is 0 Å². The van der Waals surface area contributed by atoms with Gasteiger partial charge in [0, 0.05) is 31.5 Å². The van der Waals surface area contributed by atoms with E-state index in [1.807, 2.05) is 6.07 Å². The summed E-state index contributed by atoms with van der Waals surface area (Å²) in [6, 6.07) is 1.95. The lowest BCUT2D eigenvalue weighted by Crippen LogP contribution is -2.36. The number of carbonyl (C=O) groups is 1. The fraction of sp³-hybridized carbons (Fsp3) is 0.524. The fourth-order valence-corrected chi connectivity index (χ4v) is 4.39. The molecule has 0 radical (unpaired) electrons. The van der Waals surface area contributed by atoms with Crippen LogP contribution in [-0.4, -0.2) is 62.6 Å². The molecule has 0 atom stereocenters. The number of aromatic nitrogens is 5. The molecule has 0 spiro atoms. The van der Waals surface area contributed by atoms with Crippen LogP contribution in [0, 0.1) is 0 Å². The second-order valence-corrected chi connectivity index (χ2v) is 8.44. The molecule has 176 valence electrons. The molecule has 10 nitrogen and oxygen atoms in total. The highest BCUT2D eigenvalue weighted by Crippen LogP contribution is 2.32. The Bertz CT molecular complexity index is 1130. The van der Waals surface area contributed by atoms with Crippen molar-refractivity contribution < 1.29 is 18.3 Å². The average molecular weight is 460 g/mol. The molecule has 0 aromatic carbocycles. The van der Waals surface area contributed by atoms with E-state index in [1.165, 1.54) is 21.6 Å². The third-order valence-corrected chi connectivity index (χ3v) is 6.27. The van der Waals surface area contributed by atoms with Crippen molar-refractivity contribution in [1.29, 1.82) is 0 Å². The van der Waals surface area contributed by atoms with Gasteiger partial charge >= 0.3 is 0 Å². The van der Waals surface area contributed by atoms with Crippen molar-refractivity contribution >= 4 is 23.1 Å². The second-order valence-electron chi connectivity index (χ2n) is 8.44. The minimum atomic E-state index is -2.82. The molecule has 1 aliphatic carbocycles. The van der Waals surface area contributed by atoms with E-state index in [9.17, 15) is 13.6 Å². The van der Waals surface area contributed by atoms with Crippen LogP contribution in [0.25, 0.3) is 5.65 Å². The van der Waals surface area contributed by atoms with Crippen LogP contribution in [0.5, 0.6) is 0 Å². The van der Waals surface area contributed by atoms with Gasteiger partial charge in [0.15, 0.2) is 11.3 Å². The third-order valence-electron chi connectivity index (χ3n) is 6.27. The normalized spacial score (nSPS) is 21.6. The molecule has 0 unspecified atom stereocenters. The number of fused-ring (bicyclic) bond motifs is 1. The van der Waals surface area contributed by atoms with Gasteiger partial charge in [-0.3, -0.25) is 9.48 Å². The van der Waals surface area contributed by atoms with E-state index in [-0.39, 0.29) is 23.3 Å². The van der Waals surface area contributed by atoms with Gasteiger partial charge in [-0.1, -0.05) is 0 Å². The number of ether oxygens (including phenoxy) is 1. The number of alkyl halides is 2. The summed E-state index contributed by atoms with van der Waals surface area (Å²) >= 11 is 0. The van der Waals surface area contributed by atoms with Gasteiger partial charge in [0.1, 0.15) is 11.4 Å². The molecule has 1 amide bonds. The summed E-state index contributed by atoms with van der Waals surface area (Å²) in [5.41, 5.74) is 6.05. The molecule has 0 bridgehead atoms. The first-order valence-electron chi connectivity index (χ1n) is 11.1. The first-order valence-corrected chi connectivity index (χ1v) is 11.1. The number of nitrogens with two attached hydrogens (primary N) is 1. The maximum absolute atomic E-state index is 13.7. The molecule has 2 aliphatic rings. The van der Waals surface area contributed by atoms with Crippen LogP contribution in [0.1, 0.15) is 54.2 Å². The minimum Gasteiger partial charge on any atom is -0.378 e. The van der Waals surface area contributed by atoms with Gasteiger partial charge < -0.3 is 20.7 Å². The largest absolute Gasteiger partial charge is 0.378 e. The first kappa shape index (κ1) is 21.7. The number of hydrogen-bond donors (Lipinski definition) is 2. The van der Waals surface area contributed by atoms with Gasteiger partial charge in [0.2, 0.25) is 0 Å².